The zero-order chi connectivity index (χ0) is 7.84. The Bertz CT molecular complexity index is 326. The summed E-state index contributed by atoms with van der Waals surface area (Å²) in [4.78, 5) is 4.21. The quantitative estimate of drug-likeness (QED) is 0.604. The van der Waals surface area contributed by atoms with Gasteiger partial charge in [0.15, 0.2) is 0 Å². The Labute approximate surface area is 65.8 Å². The van der Waals surface area contributed by atoms with Gasteiger partial charge in [0, 0.05) is 0 Å². The van der Waals surface area contributed by atoms with Crippen LogP contribution in [0.15, 0.2) is 17.7 Å². The first kappa shape index (κ1) is 6.40. The second-order valence-corrected chi connectivity index (χ2v) is 2.95. The van der Waals surface area contributed by atoms with Crippen molar-refractivity contribution >= 4 is 11.9 Å². The third-order valence-electron chi connectivity index (χ3n) is 1.89. The number of allylic oxidation sites excluding steroid dienone is 1. The van der Waals surface area contributed by atoms with Crippen molar-refractivity contribution in [2.45, 2.75) is 13.3 Å². The Morgan fingerprint density at radius 1 is 1.45 bits per heavy atom. The highest BCUT2D eigenvalue weighted by atomic mass is 14.8. The summed E-state index contributed by atoms with van der Waals surface area (Å²) < 4.78 is 0. The van der Waals surface area contributed by atoms with Gasteiger partial charge in [-0.2, -0.15) is 0 Å². The number of pyridine rings is 1. The fourth-order valence-electron chi connectivity index (χ4n) is 1.38. The summed E-state index contributed by atoms with van der Waals surface area (Å²) in [5.74, 6) is 0.606. The zero-order valence-electron chi connectivity index (χ0n) is 6.46. The minimum absolute atomic E-state index is 0.606. The van der Waals surface area contributed by atoms with Crippen LogP contribution in [0.5, 0.6) is 0 Å². The number of hydrogen-bond acceptors (Lipinski definition) is 2. The maximum atomic E-state index is 5.54. The molecule has 0 bridgehead atoms. The second kappa shape index (κ2) is 2.09. The number of aromatic nitrogens is 1. The fraction of sp³-hybridized carbons (Fsp3) is 0.222. The van der Waals surface area contributed by atoms with Crippen LogP contribution in [-0.4, -0.2) is 4.98 Å². The van der Waals surface area contributed by atoms with Gasteiger partial charge in [-0.1, -0.05) is 11.6 Å². The van der Waals surface area contributed by atoms with E-state index in [1.807, 2.05) is 12.1 Å². The molecule has 0 fully saturated rings. The van der Waals surface area contributed by atoms with E-state index in [0.29, 0.717) is 5.82 Å². The smallest absolute Gasteiger partial charge is 0.124 e. The molecule has 11 heavy (non-hydrogen) atoms. The van der Waals surface area contributed by atoms with Crippen LogP contribution in [0.25, 0.3) is 6.08 Å². The molecule has 0 unspecified atom stereocenters. The largest absolute Gasteiger partial charge is 0.384 e. The highest BCUT2D eigenvalue weighted by Gasteiger charge is 2.09. The Hall–Kier alpha value is -1.31. The van der Waals surface area contributed by atoms with Crippen LogP contribution in [0.4, 0.5) is 5.82 Å². The molecule has 1 aliphatic rings. The molecule has 0 amide bonds. The normalized spacial score (nSPS) is 14.5. The summed E-state index contributed by atoms with van der Waals surface area (Å²) >= 11 is 0. The predicted molar refractivity (Wildman–Crippen MR) is 46.0 cm³/mol. The van der Waals surface area contributed by atoms with Crippen molar-refractivity contribution in [3.05, 3.63) is 29.0 Å². The number of hydrogen-bond donors (Lipinski definition) is 1. The minimum Gasteiger partial charge on any atom is -0.384 e. The van der Waals surface area contributed by atoms with Gasteiger partial charge in [0.25, 0.3) is 0 Å². The van der Waals surface area contributed by atoms with Gasteiger partial charge >= 0.3 is 0 Å². The van der Waals surface area contributed by atoms with Gasteiger partial charge in [-0.25, -0.2) is 4.98 Å². The van der Waals surface area contributed by atoms with Crippen LogP contribution in [0.2, 0.25) is 0 Å². The first-order chi connectivity index (χ1) is 5.25. The highest BCUT2D eigenvalue weighted by Crippen LogP contribution is 2.23. The van der Waals surface area contributed by atoms with Crippen molar-refractivity contribution < 1.29 is 0 Å². The van der Waals surface area contributed by atoms with Crippen LogP contribution < -0.4 is 5.73 Å². The van der Waals surface area contributed by atoms with Crippen molar-refractivity contribution in [1.29, 1.82) is 0 Å². The molecule has 2 heteroatoms. The third kappa shape index (κ3) is 1.00. The summed E-state index contributed by atoms with van der Waals surface area (Å²) in [5, 5.41) is 0. The van der Waals surface area contributed by atoms with Gasteiger partial charge in [-0.15, -0.1) is 0 Å². The summed E-state index contributed by atoms with van der Waals surface area (Å²) in [6.45, 7) is 2.11. The summed E-state index contributed by atoms with van der Waals surface area (Å²) in [6.07, 6.45) is 3.12. The van der Waals surface area contributed by atoms with Crippen molar-refractivity contribution in [1.82, 2.24) is 4.98 Å². The van der Waals surface area contributed by atoms with Crippen LogP contribution >= 0.6 is 0 Å². The molecule has 0 spiro atoms. The predicted octanol–water partition coefficient (Wildman–Crippen LogP) is 1.62. The zero-order valence-corrected chi connectivity index (χ0v) is 6.46. The van der Waals surface area contributed by atoms with Gasteiger partial charge in [0.2, 0.25) is 0 Å². The number of rotatable bonds is 0. The number of fused-ring (bicyclic) bond motifs is 1. The molecular weight excluding hydrogens is 136 g/mol. The molecule has 1 aromatic rings. The average molecular weight is 146 g/mol. The van der Waals surface area contributed by atoms with Crippen molar-refractivity contribution in [3.63, 3.8) is 0 Å². The molecule has 0 aromatic carbocycles. The molecule has 1 heterocycles. The molecule has 0 saturated carbocycles. The SMILES string of the molecule is CC1=Cc2nc(N)ccc2C1. The molecule has 0 atom stereocenters. The average Bonchev–Trinajstić information content (AvgIpc) is 2.27. The molecule has 0 saturated heterocycles. The fourth-order valence-corrected chi connectivity index (χ4v) is 1.38. The van der Waals surface area contributed by atoms with E-state index in [-0.39, 0.29) is 0 Å². The van der Waals surface area contributed by atoms with E-state index in [9.17, 15) is 0 Å². The van der Waals surface area contributed by atoms with E-state index in [2.05, 4.69) is 18.0 Å². The first-order valence-electron chi connectivity index (χ1n) is 3.68. The van der Waals surface area contributed by atoms with E-state index in [1.54, 1.807) is 0 Å². The van der Waals surface area contributed by atoms with Gasteiger partial charge in [0.05, 0.1) is 5.69 Å². The number of anilines is 1. The third-order valence-corrected chi connectivity index (χ3v) is 1.89. The molecule has 2 N–H and O–H groups in total. The van der Waals surface area contributed by atoms with Crippen LogP contribution in [0.3, 0.4) is 0 Å². The minimum atomic E-state index is 0.606. The molecule has 0 radical (unpaired) electrons. The monoisotopic (exact) mass is 146 g/mol. The molecule has 1 aliphatic carbocycles. The van der Waals surface area contributed by atoms with E-state index in [1.165, 1.54) is 11.1 Å². The lowest BCUT2D eigenvalue weighted by molar-refractivity contribution is 1.16. The Morgan fingerprint density at radius 3 is 3.09 bits per heavy atom. The summed E-state index contributed by atoms with van der Waals surface area (Å²) in [5.41, 5.74) is 9.23. The van der Waals surface area contributed by atoms with E-state index in [0.717, 1.165) is 12.1 Å². The summed E-state index contributed by atoms with van der Waals surface area (Å²) in [6, 6.07) is 3.90. The Morgan fingerprint density at radius 2 is 2.27 bits per heavy atom. The van der Waals surface area contributed by atoms with Crippen LogP contribution in [-0.2, 0) is 6.42 Å². The molecular formula is C9H10N2. The maximum absolute atomic E-state index is 5.54. The van der Waals surface area contributed by atoms with Gasteiger partial charge in [-0.05, 0) is 31.1 Å². The maximum Gasteiger partial charge on any atom is 0.124 e. The number of nitrogens with zero attached hydrogens (tertiary/aromatic N) is 1. The van der Waals surface area contributed by atoms with E-state index < -0.39 is 0 Å². The summed E-state index contributed by atoms with van der Waals surface area (Å²) in [7, 11) is 0. The van der Waals surface area contributed by atoms with Crippen molar-refractivity contribution in [3.8, 4) is 0 Å². The number of nitrogen functional groups attached to an aromatic ring is 1. The topological polar surface area (TPSA) is 38.9 Å². The van der Waals surface area contributed by atoms with Gasteiger partial charge < -0.3 is 5.73 Å². The Balaban J connectivity index is 2.54. The lowest BCUT2D eigenvalue weighted by Gasteiger charge is -1.97. The van der Waals surface area contributed by atoms with Crippen molar-refractivity contribution in [2.24, 2.45) is 0 Å². The lowest BCUT2D eigenvalue weighted by Crippen LogP contribution is -1.93. The first-order valence-corrected chi connectivity index (χ1v) is 3.68. The molecule has 1 aromatic heterocycles. The van der Waals surface area contributed by atoms with E-state index >= 15 is 0 Å². The highest BCUT2D eigenvalue weighted by molar-refractivity contribution is 5.61. The lowest BCUT2D eigenvalue weighted by atomic mass is 10.2. The van der Waals surface area contributed by atoms with Crippen LogP contribution in [0, 0.1) is 0 Å². The van der Waals surface area contributed by atoms with Crippen LogP contribution in [0.1, 0.15) is 18.2 Å². The second-order valence-electron chi connectivity index (χ2n) is 2.95. The van der Waals surface area contributed by atoms with Gasteiger partial charge in [0.1, 0.15) is 5.82 Å². The molecule has 2 nitrogen and oxygen atoms in total. The van der Waals surface area contributed by atoms with E-state index in [4.69, 9.17) is 5.73 Å². The molecule has 2 rings (SSSR count). The standard InChI is InChI=1S/C9H10N2/c1-6-4-7-2-3-9(10)11-8(7)5-6/h2-3,5H,4H2,1H3,(H2,10,11). The number of nitrogens with two attached hydrogens (primary N) is 1. The molecule has 56 valence electrons. The molecule has 0 aliphatic heterocycles. The van der Waals surface area contributed by atoms with Gasteiger partial charge in [-0.3, -0.25) is 0 Å². The van der Waals surface area contributed by atoms with Crippen molar-refractivity contribution in [2.75, 3.05) is 5.73 Å². The Kier molecular flexibility index (Phi) is 1.22.